The SMILES string of the molecule is CCCCCc1ccc(C/C=C(\C)CCC=C(C)C)c(O)c1S(=O)(=O)NC(=O)C(N)COC. The summed E-state index contributed by atoms with van der Waals surface area (Å²) in [6.07, 6.45) is 9.54. The van der Waals surface area contributed by atoms with Gasteiger partial charge in [-0.2, -0.15) is 0 Å². The van der Waals surface area contributed by atoms with Gasteiger partial charge < -0.3 is 15.6 Å². The van der Waals surface area contributed by atoms with E-state index in [1.165, 1.54) is 12.7 Å². The van der Waals surface area contributed by atoms with Crippen molar-refractivity contribution in [3.63, 3.8) is 0 Å². The normalized spacial score (nSPS) is 13.0. The number of phenols is 1. The lowest BCUT2D eigenvalue weighted by Gasteiger charge is -2.17. The molecule has 186 valence electrons. The second kappa shape index (κ2) is 14.2. The molecule has 33 heavy (non-hydrogen) atoms. The number of aromatic hydroxyl groups is 1. The van der Waals surface area contributed by atoms with Gasteiger partial charge in [-0.05, 0) is 64.0 Å². The first-order chi connectivity index (χ1) is 15.5. The van der Waals surface area contributed by atoms with Crippen LogP contribution in [0.1, 0.15) is 70.9 Å². The van der Waals surface area contributed by atoms with E-state index < -0.39 is 22.0 Å². The Kier molecular flexibility index (Phi) is 12.4. The fraction of sp³-hybridized carbons (Fsp3) is 0.560. The van der Waals surface area contributed by atoms with Crippen molar-refractivity contribution in [3.8, 4) is 5.75 Å². The lowest BCUT2D eigenvalue weighted by Crippen LogP contribution is -2.45. The van der Waals surface area contributed by atoms with Crippen molar-refractivity contribution >= 4 is 15.9 Å². The zero-order valence-corrected chi connectivity index (χ0v) is 21.4. The molecule has 0 fully saturated rings. The third kappa shape index (κ3) is 9.70. The third-order valence-corrected chi connectivity index (χ3v) is 6.76. The number of benzene rings is 1. The van der Waals surface area contributed by atoms with Gasteiger partial charge in [0.25, 0.3) is 15.9 Å². The van der Waals surface area contributed by atoms with E-state index in [0.717, 1.165) is 37.7 Å². The number of aryl methyl sites for hydroxylation is 1. The summed E-state index contributed by atoms with van der Waals surface area (Å²) in [6, 6.07) is 2.35. The van der Waals surface area contributed by atoms with Crippen LogP contribution in [0.3, 0.4) is 0 Å². The van der Waals surface area contributed by atoms with Crippen molar-refractivity contribution in [1.29, 1.82) is 0 Å². The summed E-state index contributed by atoms with van der Waals surface area (Å²) in [4.78, 5) is 12.0. The van der Waals surface area contributed by atoms with Crippen LogP contribution >= 0.6 is 0 Å². The molecule has 0 aliphatic rings. The van der Waals surface area contributed by atoms with Crippen molar-refractivity contribution in [2.75, 3.05) is 13.7 Å². The minimum absolute atomic E-state index is 0.118. The smallest absolute Gasteiger partial charge is 0.268 e. The van der Waals surface area contributed by atoms with Gasteiger partial charge in [0.15, 0.2) is 0 Å². The molecule has 1 rings (SSSR count). The number of hydrogen-bond donors (Lipinski definition) is 3. The molecule has 0 aromatic heterocycles. The monoisotopic (exact) mass is 480 g/mol. The molecule has 0 aliphatic carbocycles. The number of nitrogens with two attached hydrogens (primary N) is 1. The van der Waals surface area contributed by atoms with Crippen LogP contribution in [-0.4, -0.2) is 39.2 Å². The van der Waals surface area contributed by atoms with Crippen LogP contribution in [0, 0.1) is 0 Å². The van der Waals surface area contributed by atoms with Crippen LogP contribution < -0.4 is 10.5 Å². The number of hydrogen-bond acceptors (Lipinski definition) is 6. The Morgan fingerprint density at radius 1 is 1.18 bits per heavy atom. The number of nitrogens with one attached hydrogen (secondary N) is 1. The first-order valence-electron chi connectivity index (χ1n) is 11.5. The van der Waals surface area contributed by atoms with E-state index in [0.29, 0.717) is 24.0 Å². The fourth-order valence-corrected chi connectivity index (χ4v) is 4.79. The highest BCUT2D eigenvalue weighted by Gasteiger charge is 2.28. The topological polar surface area (TPSA) is 119 Å². The third-order valence-electron chi connectivity index (χ3n) is 5.29. The van der Waals surface area contributed by atoms with E-state index in [1.807, 2.05) is 17.7 Å². The summed E-state index contributed by atoms with van der Waals surface area (Å²) >= 11 is 0. The number of carbonyl (C=O) groups excluding carboxylic acids is 1. The molecule has 0 saturated carbocycles. The molecule has 7 nitrogen and oxygen atoms in total. The maximum absolute atomic E-state index is 13.1. The van der Waals surface area contributed by atoms with Gasteiger partial charge in [0, 0.05) is 7.11 Å². The van der Waals surface area contributed by atoms with Gasteiger partial charge in [0.1, 0.15) is 16.7 Å². The summed E-state index contributed by atoms with van der Waals surface area (Å²) in [5.41, 5.74) is 9.07. The number of amides is 1. The quantitative estimate of drug-likeness (QED) is 0.272. The van der Waals surface area contributed by atoms with E-state index >= 15 is 0 Å². The number of rotatable bonds is 14. The molecule has 1 amide bonds. The average molecular weight is 481 g/mol. The van der Waals surface area contributed by atoms with E-state index in [-0.39, 0.29) is 17.3 Å². The Morgan fingerprint density at radius 3 is 2.45 bits per heavy atom. The maximum atomic E-state index is 13.1. The van der Waals surface area contributed by atoms with Gasteiger partial charge in [0.05, 0.1) is 6.61 Å². The second-order valence-corrected chi connectivity index (χ2v) is 10.2. The molecule has 1 aromatic rings. The van der Waals surface area contributed by atoms with Gasteiger partial charge in [-0.15, -0.1) is 0 Å². The van der Waals surface area contributed by atoms with Crippen LogP contribution in [-0.2, 0) is 32.4 Å². The number of unbranched alkanes of at least 4 members (excludes halogenated alkanes) is 2. The number of sulfonamides is 1. The minimum atomic E-state index is -4.32. The summed E-state index contributed by atoms with van der Waals surface area (Å²) in [5.74, 6) is -1.20. The Balaban J connectivity index is 3.25. The van der Waals surface area contributed by atoms with E-state index in [1.54, 1.807) is 12.1 Å². The molecular weight excluding hydrogens is 440 g/mol. The average Bonchev–Trinajstić information content (AvgIpc) is 2.72. The van der Waals surface area contributed by atoms with Crippen molar-refractivity contribution in [1.82, 2.24) is 4.72 Å². The van der Waals surface area contributed by atoms with E-state index in [9.17, 15) is 18.3 Å². The van der Waals surface area contributed by atoms with Gasteiger partial charge >= 0.3 is 0 Å². The van der Waals surface area contributed by atoms with Gasteiger partial charge in [-0.25, -0.2) is 13.1 Å². The standard InChI is InChI=1S/C25H40N2O5S/c1-6-7-8-12-21-16-15-20(14-13-19(4)11-9-10-18(2)3)23(28)24(21)33(30,31)27-25(29)22(26)17-32-5/h10,13,15-16,22,28H,6-9,11-12,14,17,26H2,1-5H3,(H,27,29)/b19-13+. The van der Waals surface area contributed by atoms with Crippen LogP contribution in [0.5, 0.6) is 5.75 Å². The Morgan fingerprint density at radius 2 is 1.85 bits per heavy atom. The molecule has 0 aliphatic heterocycles. The maximum Gasteiger partial charge on any atom is 0.268 e. The lowest BCUT2D eigenvalue weighted by atomic mass is 10.0. The summed E-state index contributed by atoms with van der Waals surface area (Å²) < 4.78 is 33.1. The zero-order chi connectivity index (χ0) is 25.0. The number of methoxy groups -OCH3 is 1. The number of phenolic OH excluding ortho intramolecular Hbond substituents is 1. The largest absolute Gasteiger partial charge is 0.506 e. The Hall–Kier alpha value is -2.16. The lowest BCUT2D eigenvalue weighted by molar-refractivity contribution is -0.121. The van der Waals surface area contributed by atoms with Crippen molar-refractivity contribution < 1.29 is 23.1 Å². The summed E-state index contributed by atoms with van der Waals surface area (Å²) in [7, 11) is -2.95. The van der Waals surface area contributed by atoms with Crippen LogP contribution in [0.15, 0.2) is 40.3 Å². The highest BCUT2D eigenvalue weighted by atomic mass is 32.2. The Bertz CT molecular complexity index is 948. The Labute approximate surface area is 199 Å². The molecule has 8 heteroatoms. The molecule has 0 spiro atoms. The molecule has 1 atom stereocenters. The van der Waals surface area contributed by atoms with Gasteiger partial charge in [0.2, 0.25) is 0 Å². The van der Waals surface area contributed by atoms with Crippen LogP contribution in [0.2, 0.25) is 0 Å². The van der Waals surface area contributed by atoms with Gasteiger partial charge in [-0.1, -0.05) is 55.2 Å². The fourth-order valence-electron chi connectivity index (χ4n) is 3.37. The minimum Gasteiger partial charge on any atom is -0.506 e. The zero-order valence-electron chi connectivity index (χ0n) is 20.6. The molecule has 0 bridgehead atoms. The molecule has 1 aromatic carbocycles. The van der Waals surface area contributed by atoms with Crippen molar-refractivity contribution in [2.45, 2.75) is 83.6 Å². The van der Waals surface area contributed by atoms with E-state index in [2.05, 4.69) is 26.8 Å². The molecule has 1 unspecified atom stereocenters. The predicted molar refractivity (Wildman–Crippen MR) is 133 cm³/mol. The highest BCUT2D eigenvalue weighted by Crippen LogP contribution is 2.32. The molecule has 0 radical (unpaired) electrons. The molecule has 0 saturated heterocycles. The van der Waals surface area contributed by atoms with E-state index in [4.69, 9.17) is 10.5 Å². The number of allylic oxidation sites excluding steroid dienone is 4. The molecular formula is C25H40N2O5S. The molecule has 4 N–H and O–H groups in total. The number of carbonyl (C=O) groups is 1. The first kappa shape index (κ1) is 28.9. The summed E-state index contributed by atoms with van der Waals surface area (Å²) in [6.45, 7) is 8.07. The van der Waals surface area contributed by atoms with Crippen molar-refractivity contribution in [3.05, 3.63) is 46.6 Å². The first-order valence-corrected chi connectivity index (χ1v) is 13.0. The van der Waals surface area contributed by atoms with Crippen molar-refractivity contribution in [2.24, 2.45) is 5.73 Å². The molecule has 0 heterocycles. The van der Waals surface area contributed by atoms with Gasteiger partial charge in [-0.3, -0.25) is 4.79 Å². The highest BCUT2D eigenvalue weighted by molar-refractivity contribution is 7.90. The van der Waals surface area contributed by atoms with Crippen LogP contribution in [0.4, 0.5) is 0 Å². The second-order valence-electron chi connectivity index (χ2n) is 8.62. The number of ether oxygens (including phenoxy) is 1. The predicted octanol–water partition coefficient (Wildman–Crippen LogP) is 4.14. The van der Waals surface area contributed by atoms with Crippen LogP contribution in [0.25, 0.3) is 0 Å². The summed E-state index contributed by atoms with van der Waals surface area (Å²) in [5, 5.41) is 11.0.